The molecule has 1 N–H and O–H groups in total. The van der Waals surface area contributed by atoms with Crippen molar-refractivity contribution < 1.29 is 12.9 Å². The van der Waals surface area contributed by atoms with Crippen molar-refractivity contribution in [1.82, 2.24) is 14.9 Å². The van der Waals surface area contributed by atoms with Gasteiger partial charge in [0.05, 0.1) is 23.1 Å². The lowest BCUT2D eigenvalue weighted by atomic mass is 10.2. The van der Waals surface area contributed by atoms with E-state index < -0.39 is 10.0 Å². The molecule has 0 atom stereocenters. The highest BCUT2D eigenvalue weighted by molar-refractivity contribution is 7.89. The highest BCUT2D eigenvalue weighted by atomic mass is 32.2. The van der Waals surface area contributed by atoms with Crippen molar-refractivity contribution in [1.29, 1.82) is 5.26 Å². The molecular weight excluding hydrogens is 280 g/mol. The zero-order chi connectivity index (χ0) is 14.8. The minimum absolute atomic E-state index is 0.0807. The molecule has 0 saturated heterocycles. The fourth-order valence-corrected chi connectivity index (χ4v) is 2.87. The van der Waals surface area contributed by atoms with Crippen LogP contribution in [0.15, 0.2) is 27.6 Å². The molecule has 1 aromatic carbocycles. The summed E-state index contributed by atoms with van der Waals surface area (Å²) in [5.74, 6) is 0.631. The number of nitrogens with one attached hydrogen (secondary N) is 1. The molecule has 0 amide bonds. The second kappa shape index (κ2) is 5.40. The minimum atomic E-state index is -3.69. The number of aryl methyl sites for hydroxylation is 2. The van der Waals surface area contributed by atoms with E-state index in [9.17, 15) is 8.42 Å². The molecule has 1 aromatic heterocycles. The molecule has 7 nitrogen and oxygen atoms in total. The van der Waals surface area contributed by atoms with E-state index in [0.717, 1.165) is 0 Å². The Bertz CT molecular complexity index is 774. The van der Waals surface area contributed by atoms with Gasteiger partial charge < -0.3 is 4.52 Å². The van der Waals surface area contributed by atoms with Crippen LogP contribution in [0.2, 0.25) is 0 Å². The van der Waals surface area contributed by atoms with Crippen LogP contribution in [0.3, 0.4) is 0 Å². The Labute approximate surface area is 116 Å². The summed E-state index contributed by atoms with van der Waals surface area (Å²) in [4.78, 5) is 4.03. The van der Waals surface area contributed by atoms with Gasteiger partial charge in [-0.3, -0.25) is 0 Å². The lowest BCUT2D eigenvalue weighted by Crippen LogP contribution is -2.24. The van der Waals surface area contributed by atoms with Crippen LogP contribution in [0.25, 0.3) is 0 Å². The van der Waals surface area contributed by atoms with E-state index >= 15 is 0 Å². The smallest absolute Gasteiger partial charge is 0.241 e. The monoisotopic (exact) mass is 292 g/mol. The fraction of sp³-hybridized carbons (Fsp3) is 0.250. The summed E-state index contributed by atoms with van der Waals surface area (Å²) in [5, 5.41) is 12.3. The molecule has 1 heterocycles. The molecule has 104 valence electrons. The average Bonchev–Trinajstić information content (AvgIpc) is 2.82. The van der Waals surface area contributed by atoms with Crippen molar-refractivity contribution >= 4 is 10.0 Å². The molecule has 0 spiro atoms. The Morgan fingerprint density at radius 2 is 2.15 bits per heavy atom. The molecule has 0 fully saturated rings. The van der Waals surface area contributed by atoms with Gasteiger partial charge in [0, 0.05) is 0 Å². The Hall–Kier alpha value is -2.24. The maximum atomic E-state index is 12.1. The molecule has 8 heteroatoms. The van der Waals surface area contributed by atoms with E-state index in [4.69, 9.17) is 9.78 Å². The van der Waals surface area contributed by atoms with Crippen LogP contribution in [0, 0.1) is 25.2 Å². The van der Waals surface area contributed by atoms with Crippen LogP contribution in [0.4, 0.5) is 0 Å². The SMILES string of the molecule is Cc1noc(CNS(=O)(=O)c2ccc(C#N)cc2C)n1. The summed E-state index contributed by atoms with van der Waals surface area (Å²) < 4.78 is 31.5. The number of benzene rings is 1. The molecule has 2 aromatic rings. The van der Waals surface area contributed by atoms with Gasteiger partial charge in [-0.05, 0) is 37.6 Å². The summed E-state index contributed by atoms with van der Waals surface area (Å²) in [6, 6.07) is 6.33. The molecule has 20 heavy (non-hydrogen) atoms. The van der Waals surface area contributed by atoms with Crippen LogP contribution in [-0.4, -0.2) is 18.6 Å². The van der Waals surface area contributed by atoms with Crippen LogP contribution in [0.5, 0.6) is 0 Å². The van der Waals surface area contributed by atoms with E-state index in [1.807, 2.05) is 6.07 Å². The first-order chi connectivity index (χ1) is 9.42. The van der Waals surface area contributed by atoms with Crippen LogP contribution < -0.4 is 4.72 Å². The zero-order valence-corrected chi connectivity index (χ0v) is 11.7. The molecule has 0 aliphatic rings. The number of aromatic nitrogens is 2. The van der Waals surface area contributed by atoms with E-state index in [1.54, 1.807) is 13.8 Å². The summed E-state index contributed by atoms with van der Waals surface area (Å²) in [7, 11) is -3.69. The Morgan fingerprint density at radius 3 is 2.70 bits per heavy atom. The third-order valence-corrected chi connectivity index (χ3v) is 4.14. The summed E-state index contributed by atoms with van der Waals surface area (Å²) >= 11 is 0. The van der Waals surface area contributed by atoms with E-state index in [1.165, 1.54) is 18.2 Å². The van der Waals surface area contributed by atoms with Crippen molar-refractivity contribution in [2.24, 2.45) is 0 Å². The molecule has 0 aliphatic heterocycles. The standard InChI is InChI=1S/C12H12N4O3S/c1-8-5-10(6-13)3-4-11(8)20(17,18)14-7-12-15-9(2)16-19-12/h3-5,14H,7H2,1-2H3. The first-order valence-corrected chi connectivity index (χ1v) is 7.20. The number of nitrogens with zero attached hydrogens (tertiary/aromatic N) is 3. The largest absolute Gasteiger partial charge is 0.338 e. The number of sulfonamides is 1. The number of hydrogen-bond donors (Lipinski definition) is 1. The average molecular weight is 292 g/mol. The third-order valence-electron chi connectivity index (χ3n) is 2.58. The number of rotatable bonds is 4. The first kappa shape index (κ1) is 14.2. The number of nitriles is 1. The van der Waals surface area contributed by atoms with Crippen molar-refractivity contribution in [3.8, 4) is 6.07 Å². The van der Waals surface area contributed by atoms with Crippen molar-refractivity contribution in [3.05, 3.63) is 41.0 Å². The number of hydrogen-bond acceptors (Lipinski definition) is 6. The lowest BCUT2D eigenvalue weighted by molar-refractivity contribution is 0.372. The van der Waals surface area contributed by atoms with Gasteiger partial charge >= 0.3 is 0 Å². The Balaban J connectivity index is 2.20. The molecule has 0 aliphatic carbocycles. The molecule has 0 radical (unpaired) electrons. The normalized spacial score (nSPS) is 11.2. The van der Waals surface area contributed by atoms with E-state index in [2.05, 4.69) is 14.9 Å². The van der Waals surface area contributed by atoms with Gasteiger partial charge in [0.2, 0.25) is 15.9 Å². The van der Waals surface area contributed by atoms with Gasteiger partial charge in [-0.25, -0.2) is 13.1 Å². The van der Waals surface area contributed by atoms with Crippen molar-refractivity contribution in [2.75, 3.05) is 0 Å². The highest BCUT2D eigenvalue weighted by Crippen LogP contribution is 2.16. The fourth-order valence-electron chi connectivity index (χ4n) is 1.67. The molecular formula is C12H12N4O3S. The molecule has 0 bridgehead atoms. The maximum absolute atomic E-state index is 12.1. The third kappa shape index (κ3) is 3.01. The maximum Gasteiger partial charge on any atom is 0.241 e. The predicted octanol–water partition coefficient (Wildman–Crippen LogP) is 1.04. The lowest BCUT2D eigenvalue weighted by Gasteiger charge is -2.07. The van der Waals surface area contributed by atoms with Crippen LogP contribution >= 0.6 is 0 Å². The van der Waals surface area contributed by atoms with E-state index in [0.29, 0.717) is 17.0 Å². The minimum Gasteiger partial charge on any atom is -0.338 e. The Kier molecular flexibility index (Phi) is 3.83. The Morgan fingerprint density at radius 1 is 1.40 bits per heavy atom. The van der Waals surface area contributed by atoms with Crippen LogP contribution in [0.1, 0.15) is 22.8 Å². The molecule has 2 rings (SSSR count). The highest BCUT2D eigenvalue weighted by Gasteiger charge is 2.18. The zero-order valence-electron chi connectivity index (χ0n) is 10.9. The van der Waals surface area contributed by atoms with Gasteiger partial charge in [0.25, 0.3) is 0 Å². The summed E-state index contributed by atoms with van der Waals surface area (Å²) in [6.07, 6.45) is 0. The molecule has 0 saturated carbocycles. The van der Waals surface area contributed by atoms with Gasteiger partial charge in [0.15, 0.2) is 5.82 Å². The van der Waals surface area contributed by atoms with Gasteiger partial charge in [-0.15, -0.1) is 0 Å². The van der Waals surface area contributed by atoms with Gasteiger partial charge in [0.1, 0.15) is 0 Å². The quantitative estimate of drug-likeness (QED) is 0.901. The summed E-state index contributed by atoms with van der Waals surface area (Å²) in [6.45, 7) is 3.20. The van der Waals surface area contributed by atoms with Gasteiger partial charge in [-0.2, -0.15) is 10.2 Å². The second-order valence-electron chi connectivity index (χ2n) is 4.15. The van der Waals surface area contributed by atoms with Gasteiger partial charge in [-0.1, -0.05) is 5.16 Å². The van der Waals surface area contributed by atoms with Crippen LogP contribution in [-0.2, 0) is 16.6 Å². The summed E-state index contributed by atoms with van der Waals surface area (Å²) in [5.41, 5.74) is 0.909. The molecule has 0 unspecified atom stereocenters. The van der Waals surface area contributed by atoms with E-state index in [-0.39, 0.29) is 17.3 Å². The topological polar surface area (TPSA) is 109 Å². The second-order valence-corrected chi connectivity index (χ2v) is 5.89. The first-order valence-electron chi connectivity index (χ1n) is 5.72. The predicted molar refractivity (Wildman–Crippen MR) is 69.0 cm³/mol. The van der Waals surface area contributed by atoms with Crippen molar-refractivity contribution in [2.45, 2.75) is 25.3 Å². The van der Waals surface area contributed by atoms with Crippen molar-refractivity contribution in [3.63, 3.8) is 0 Å².